The minimum Gasteiger partial charge on any atom is -0.384 e. The van der Waals surface area contributed by atoms with Gasteiger partial charge in [-0.05, 0) is 28.1 Å². The van der Waals surface area contributed by atoms with Gasteiger partial charge >= 0.3 is 0 Å². The van der Waals surface area contributed by atoms with Crippen LogP contribution < -0.4 is 0 Å². The number of carbonyl (C=O) groups is 1. The number of hydrogen-bond acceptors (Lipinski definition) is 5. The molecular weight excluding hydrogens is 316 g/mol. The van der Waals surface area contributed by atoms with E-state index in [-0.39, 0.29) is 18.1 Å². The number of methoxy groups -OCH3 is 1. The second kappa shape index (κ2) is 5.90. The molecule has 0 amide bonds. The highest BCUT2D eigenvalue weighted by Gasteiger charge is 2.18. The Kier molecular flexibility index (Phi) is 5.10. The second-order valence-corrected chi connectivity index (χ2v) is 7.76. The summed E-state index contributed by atoms with van der Waals surface area (Å²) in [6, 6.07) is 3.34. The molecule has 1 aromatic heterocycles. The topological polar surface area (TPSA) is 60.4 Å². The van der Waals surface area contributed by atoms with Crippen LogP contribution in [-0.2, 0) is 14.6 Å². The third-order valence-electron chi connectivity index (χ3n) is 1.80. The second-order valence-electron chi connectivity index (χ2n) is 3.11. The first-order valence-corrected chi connectivity index (χ1v) is 7.85. The molecular formula is C9H11BrO4S2. The van der Waals surface area contributed by atoms with Crippen molar-refractivity contribution in [1.29, 1.82) is 0 Å². The standard InChI is InChI=1S/C9H11BrO4S2/c1-14-4-5-16(12,13)6-7(11)8-2-3-9(10)15-8/h2-3H,4-6H2,1H3. The van der Waals surface area contributed by atoms with Gasteiger partial charge in [-0.2, -0.15) is 0 Å². The molecule has 0 spiro atoms. The van der Waals surface area contributed by atoms with Gasteiger partial charge in [0, 0.05) is 7.11 Å². The molecule has 4 nitrogen and oxygen atoms in total. The molecule has 0 saturated heterocycles. The van der Waals surface area contributed by atoms with Crippen molar-refractivity contribution in [2.45, 2.75) is 0 Å². The minimum atomic E-state index is -3.37. The molecule has 1 aromatic rings. The molecule has 0 aliphatic heterocycles. The molecule has 90 valence electrons. The monoisotopic (exact) mass is 326 g/mol. The molecule has 0 fully saturated rings. The quantitative estimate of drug-likeness (QED) is 0.747. The van der Waals surface area contributed by atoms with Crippen LogP contribution in [0, 0.1) is 0 Å². The number of thiophene rings is 1. The van der Waals surface area contributed by atoms with Crippen LogP contribution >= 0.6 is 27.3 Å². The largest absolute Gasteiger partial charge is 0.384 e. The molecule has 0 bridgehead atoms. The van der Waals surface area contributed by atoms with Crippen LogP contribution in [0.25, 0.3) is 0 Å². The lowest BCUT2D eigenvalue weighted by molar-refractivity contribution is 0.102. The molecule has 1 heterocycles. The molecule has 0 N–H and O–H groups in total. The summed E-state index contributed by atoms with van der Waals surface area (Å²) in [5.41, 5.74) is 0. The van der Waals surface area contributed by atoms with Gasteiger partial charge in [0.15, 0.2) is 15.6 Å². The van der Waals surface area contributed by atoms with Gasteiger partial charge in [0.05, 0.1) is 21.0 Å². The average Bonchev–Trinajstić information content (AvgIpc) is 2.61. The van der Waals surface area contributed by atoms with Crippen LogP contribution in [0.3, 0.4) is 0 Å². The fraction of sp³-hybridized carbons (Fsp3) is 0.444. The molecule has 0 aromatic carbocycles. The van der Waals surface area contributed by atoms with Crippen molar-refractivity contribution in [2.24, 2.45) is 0 Å². The van der Waals surface area contributed by atoms with E-state index < -0.39 is 15.6 Å². The molecule has 0 radical (unpaired) electrons. The molecule has 0 unspecified atom stereocenters. The summed E-state index contributed by atoms with van der Waals surface area (Å²) >= 11 is 4.45. The SMILES string of the molecule is COCCS(=O)(=O)CC(=O)c1ccc(Br)s1. The van der Waals surface area contributed by atoms with E-state index in [0.717, 1.165) is 3.79 Å². The van der Waals surface area contributed by atoms with Gasteiger partial charge in [0.25, 0.3) is 0 Å². The molecule has 7 heteroatoms. The van der Waals surface area contributed by atoms with Crippen LogP contribution in [0.5, 0.6) is 0 Å². The number of Topliss-reactive ketones (excluding diaryl/α,β-unsaturated/α-hetero) is 1. The lowest BCUT2D eigenvalue weighted by atomic mass is 10.4. The number of sulfone groups is 1. The Bertz CT molecular complexity index is 464. The highest BCUT2D eigenvalue weighted by atomic mass is 79.9. The summed E-state index contributed by atoms with van der Waals surface area (Å²) in [5.74, 6) is -0.947. The lowest BCUT2D eigenvalue weighted by Crippen LogP contribution is -2.20. The van der Waals surface area contributed by atoms with Crippen molar-refractivity contribution in [3.05, 3.63) is 20.8 Å². The number of ketones is 1. The zero-order valence-corrected chi connectivity index (χ0v) is 11.8. The van der Waals surface area contributed by atoms with Crippen molar-refractivity contribution in [1.82, 2.24) is 0 Å². The minimum absolute atomic E-state index is 0.115. The van der Waals surface area contributed by atoms with Crippen LogP contribution in [0.15, 0.2) is 15.9 Å². The summed E-state index contributed by atoms with van der Waals surface area (Å²) in [5, 5.41) is 0. The van der Waals surface area contributed by atoms with Gasteiger partial charge in [-0.15, -0.1) is 11.3 Å². The van der Waals surface area contributed by atoms with Crippen molar-refractivity contribution in [2.75, 3.05) is 25.2 Å². The van der Waals surface area contributed by atoms with E-state index in [2.05, 4.69) is 20.7 Å². The third kappa shape index (κ3) is 4.32. The normalized spacial score (nSPS) is 11.6. The van der Waals surface area contributed by atoms with Gasteiger partial charge in [-0.1, -0.05) is 0 Å². The van der Waals surface area contributed by atoms with Crippen LogP contribution in [-0.4, -0.2) is 39.4 Å². The maximum Gasteiger partial charge on any atom is 0.187 e. The van der Waals surface area contributed by atoms with E-state index in [0.29, 0.717) is 4.88 Å². The van der Waals surface area contributed by atoms with E-state index in [9.17, 15) is 13.2 Å². The van der Waals surface area contributed by atoms with Gasteiger partial charge in [-0.3, -0.25) is 4.79 Å². The fourth-order valence-electron chi connectivity index (χ4n) is 1.02. The first kappa shape index (κ1) is 13.8. The zero-order valence-electron chi connectivity index (χ0n) is 8.60. The van der Waals surface area contributed by atoms with E-state index >= 15 is 0 Å². The summed E-state index contributed by atoms with van der Waals surface area (Å²) in [7, 11) is -1.94. The van der Waals surface area contributed by atoms with Gasteiger partial charge in [0.2, 0.25) is 0 Å². The smallest absolute Gasteiger partial charge is 0.187 e. The van der Waals surface area contributed by atoms with Gasteiger partial charge < -0.3 is 4.74 Å². The Labute approximate surface area is 107 Å². The molecule has 0 aliphatic rings. The fourth-order valence-corrected chi connectivity index (χ4v) is 3.55. The van der Waals surface area contributed by atoms with E-state index in [1.54, 1.807) is 12.1 Å². The maximum absolute atomic E-state index is 11.6. The maximum atomic E-state index is 11.6. The van der Waals surface area contributed by atoms with Gasteiger partial charge in [-0.25, -0.2) is 8.42 Å². The van der Waals surface area contributed by atoms with Crippen molar-refractivity contribution in [3.8, 4) is 0 Å². The third-order valence-corrected chi connectivity index (χ3v) is 4.95. The number of rotatable bonds is 6. The predicted octanol–water partition coefficient (Wildman–Crippen LogP) is 1.75. The average molecular weight is 327 g/mol. The highest BCUT2D eigenvalue weighted by Crippen LogP contribution is 2.22. The summed E-state index contributed by atoms with van der Waals surface area (Å²) in [4.78, 5) is 12.1. The van der Waals surface area contributed by atoms with Crippen molar-refractivity contribution in [3.63, 3.8) is 0 Å². The Morgan fingerprint density at radius 1 is 1.50 bits per heavy atom. The Morgan fingerprint density at radius 2 is 2.19 bits per heavy atom. The van der Waals surface area contributed by atoms with Gasteiger partial charge in [0.1, 0.15) is 5.75 Å². The first-order chi connectivity index (χ1) is 7.44. The molecule has 0 saturated carbocycles. The van der Waals surface area contributed by atoms with Crippen molar-refractivity contribution >= 4 is 42.9 Å². The van der Waals surface area contributed by atoms with E-state index in [4.69, 9.17) is 0 Å². The Hall–Kier alpha value is -0.240. The van der Waals surface area contributed by atoms with E-state index in [1.807, 2.05) is 0 Å². The summed E-state index contributed by atoms with van der Waals surface area (Å²) in [6.45, 7) is 0.115. The number of halogens is 1. The van der Waals surface area contributed by atoms with Crippen LogP contribution in [0.4, 0.5) is 0 Å². The molecule has 1 rings (SSSR count). The zero-order chi connectivity index (χ0) is 12.2. The first-order valence-electron chi connectivity index (χ1n) is 4.42. The highest BCUT2D eigenvalue weighted by molar-refractivity contribution is 9.11. The van der Waals surface area contributed by atoms with Crippen molar-refractivity contribution < 1.29 is 17.9 Å². The molecule has 0 aliphatic carbocycles. The van der Waals surface area contributed by atoms with E-state index in [1.165, 1.54) is 18.4 Å². The molecule has 16 heavy (non-hydrogen) atoms. The predicted molar refractivity (Wildman–Crippen MR) is 66.9 cm³/mol. The lowest BCUT2D eigenvalue weighted by Gasteiger charge is -2.01. The number of ether oxygens (including phenoxy) is 1. The summed E-state index contributed by atoms with van der Waals surface area (Å²) in [6.07, 6.45) is 0. The van der Waals surface area contributed by atoms with Crippen LogP contribution in [0.1, 0.15) is 9.67 Å². The number of carbonyl (C=O) groups excluding carboxylic acids is 1. The van der Waals surface area contributed by atoms with Crippen LogP contribution in [0.2, 0.25) is 0 Å². The Balaban J connectivity index is 2.64. The summed E-state index contributed by atoms with van der Waals surface area (Å²) < 4.78 is 28.4. The molecule has 0 atom stereocenters. The Morgan fingerprint density at radius 3 is 2.69 bits per heavy atom. The number of hydrogen-bond donors (Lipinski definition) is 0.